The summed E-state index contributed by atoms with van der Waals surface area (Å²) in [6, 6.07) is 69.0. The Morgan fingerprint density at radius 2 is 1.09 bits per heavy atom. The monoisotopic (exact) mass is 742 g/mol. The summed E-state index contributed by atoms with van der Waals surface area (Å²) in [4.78, 5) is 5.51. The highest BCUT2D eigenvalue weighted by molar-refractivity contribution is 6.34. The van der Waals surface area contributed by atoms with Crippen molar-refractivity contribution < 1.29 is 0 Å². The van der Waals surface area contributed by atoms with Crippen molar-refractivity contribution in [2.24, 2.45) is 4.99 Å². The zero-order chi connectivity index (χ0) is 38.6. The van der Waals surface area contributed by atoms with Crippen molar-refractivity contribution in [2.45, 2.75) is 6.04 Å². The Morgan fingerprint density at radius 1 is 0.517 bits per heavy atom. The van der Waals surface area contributed by atoms with Gasteiger partial charge in [-0.15, -0.1) is 0 Å². The molecule has 1 atom stereocenters. The minimum absolute atomic E-state index is 0.202. The quantitative estimate of drug-likeness (QED) is 0.167. The molecule has 1 unspecified atom stereocenters. The van der Waals surface area contributed by atoms with Crippen LogP contribution >= 0.6 is 0 Å². The van der Waals surface area contributed by atoms with Gasteiger partial charge in [0.15, 0.2) is 0 Å². The Labute approximate surface area is 337 Å². The summed E-state index contributed by atoms with van der Waals surface area (Å²) >= 11 is 0. The smallest absolute Gasteiger partial charge is 0.209 e. The van der Waals surface area contributed by atoms with Crippen LogP contribution in [0.4, 0.5) is 17.1 Å². The molecule has 58 heavy (non-hydrogen) atoms. The summed E-state index contributed by atoms with van der Waals surface area (Å²) in [5.74, 6) is 0.760. The molecule has 0 aliphatic carbocycles. The molecule has 11 rings (SSSR count). The predicted octanol–water partition coefficient (Wildman–Crippen LogP) is 14.0. The van der Waals surface area contributed by atoms with E-state index in [1.807, 2.05) is 12.1 Å². The van der Waals surface area contributed by atoms with Gasteiger partial charge in [0.05, 0.1) is 22.8 Å². The van der Waals surface area contributed by atoms with E-state index < -0.39 is 0 Å². The van der Waals surface area contributed by atoms with Gasteiger partial charge in [-0.3, -0.25) is 4.57 Å². The first-order valence-corrected chi connectivity index (χ1v) is 19.8. The summed E-state index contributed by atoms with van der Waals surface area (Å²) < 4.78 is 2.37. The fourth-order valence-electron chi connectivity index (χ4n) is 8.97. The van der Waals surface area contributed by atoms with Crippen molar-refractivity contribution in [3.8, 4) is 22.3 Å². The molecule has 4 heteroatoms. The zero-order valence-corrected chi connectivity index (χ0v) is 31.7. The largest absolute Gasteiger partial charge is 0.355 e. The maximum absolute atomic E-state index is 5.51. The average Bonchev–Trinajstić information content (AvgIpc) is 3.65. The standard InChI is InChI=1S/C54H38N4/c1-2-41-49(55-40-22-10-5-11-23-40)31-30-47-50-44-26-14-12-24-42(44)43-25-13-15-27-45(43)53(50)58(52(41)47)54-56-48-29-17-16-28-46(48)51(57-54)39-33-37(35-18-6-3-7-19-35)32-38(34-39)36-20-8-4-9-21-36/h2-34,51,55H,1H2,(H,56,57). The van der Waals surface area contributed by atoms with Gasteiger partial charge in [-0.1, -0.05) is 164 Å². The topological polar surface area (TPSA) is 41.4 Å². The number of rotatable bonds is 6. The van der Waals surface area contributed by atoms with Crippen LogP contribution in [0.15, 0.2) is 206 Å². The number of nitrogens with one attached hydrogen (secondary N) is 2. The first-order valence-electron chi connectivity index (χ1n) is 19.8. The molecule has 2 N–H and O–H groups in total. The number of hydrogen-bond donors (Lipinski definition) is 2. The number of benzene rings is 9. The lowest BCUT2D eigenvalue weighted by Crippen LogP contribution is -2.37. The number of anilines is 2. The number of para-hydroxylation sites is 2. The molecular formula is C54H38N4. The molecule has 1 aliphatic heterocycles. The zero-order valence-electron chi connectivity index (χ0n) is 31.7. The second-order valence-electron chi connectivity index (χ2n) is 14.9. The van der Waals surface area contributed by atoms with Crippen molar-refractivity contribution in [1.29, 1.82) is 0 Å². The molecule has 274 valence electrons. The Morgan fingerprint density at radius 3 is 1.76 bits per heavy atom. The van der Waals surface area contributed by atoms with E-state index in [9.17, 15) is 0 Å². The van der Waals surface area contributed by atoms with Gasteiger partial charge < -0.3 is 10.6 Å². The third kappa shape index (κ3) is 5.49. The number of aromatic nitrogens is 1. The Kier molecular flexibility index (Phi) is 8.00. The first kappa shape index (κ1) is 33.6. The highest BCUT2D eigenvalue weighted by Gasteiger charge is 2.29. The van der Waals surface area contributed by atoms with Gasteiger partial charge in [0.2, 0.25) is 5.96 Å². The number of fused-ring (bicyclic) bond motifs is 9. The molecule has 2 heterocycles. The van der Waals surface area contributed by atoms with E-state index in [1.165, 1.54) is 43.8 Å². The van der Waals surface area contributed by atoms with Gasteiger partial charge in [0.25, 0.3) is 0 Å². The van der Waals surface area contributed by atoms with Crippen LogP contribution in [-0.2, 0) is 0 Å². The molecule has 1 aromatic heterocycles. The lowest BCUT2D eigenvalue weighted by Gasteiger charge is -2.29. The van der Waals surface area contributed by atoms with Gasteiger partial charge in [0.1, 0.15) is 0 Å². The Hall–Kier alpha value is -7.69. The van der Waals surface area contributed by atoms with Gasteiger partial charge in [0, 0.05) is 38.7 Å². The summed E-state index contributed by atoms with van der Waals surface area (Å²) in [5, 5.41) is 14.9. The van der Waals surface area contributed by atoms with E-state index in [-0.39, 0.29) is 6.04 Å². The van der Waals surface area contributed by atoms with Crippen LogP contribution in [0.3, 0.4) is 0 Å². The fourth-order valence-corrected chi connectivity index (χ4v) is 8.97. The van der Waals surface area contributed by atoms with E-state index in [4.69, 9.17) is 4.99 Å². The lowest BCUT2D eigenvalue weighted by atomic mass is 9.90. The van der Waals surface area contributed by atoms with Crippen molar-refractivity contribution >= 4 is 72.4 Å². The number of hydrogen-bond acceptors (Lipinski definition) is 3. The third-order valence-electron chi connectivity index (χ3n) is 11.6. The normalized spacial score (nSPS) is 13.7. The van der Waals surface area contributed by atoms with Gasteiger partial charge in [-0.2, -0.15) is 0 Å². The van der Waals surface area contributed by atoms with Crippen molar-refractivity contribution in [3.05, 3.63) is 217 Å². The van der Waals surface area contributed by atoms with Crippen LogP contribution in [0, 0.1) is 0 Å². The molecule has 1 aliphatic rings. The second-order valence-corrected chi connectivity index (χ2v) is 14.9. The lowest BCUT2D eigenvalue weighted by molar-refractivity contribution is 0.732. The van der Waals surface area contributed by atoms with Crippen LogP contribution in [0.2, 0.25) is 0 Å². The minimum atomic E-state index is -0.202. The van der Waals surface area contributed by atoms with Gasteiger partial charge in [-0.05, 0) is 86.4 Å². The highest BCUT2D eigenvalue weighted by Crippen LogP contribution is 2.45. The van der Waals surface area contributed by atoms with Crippen LogP contribution < -0.4 is 10.6 Å². The second kappa shape index (κ2) is 13.8. The van der Waals surface area contributed by atoms with Crippen molar-refractivity contribution in [1.82, 2.24) is 9.88 Å². The molecule has 9 aromatic carbocycles. The van der Waals surface area contributed by atoms with Gasteiger partial charge >= 0.3 is 0 Å². The summed E-state index contributed by atoms with van der Waals surface area (Å²) in [6.07, 6.45) is 1.98. The van der Waals surface area contributed by atoms with Crippen LogP contribution in [0.25, 0.3) is 71.7 Å². The SMILES string of the molecule is C=Cc1c(Nc2ccccc2)ccc2c3c4ccccc4c4ccccc4c3n(C3=Nc4ccccc4C(c4cc(-c5ccccc5)cc(-c5ccccc5)c4)N3)c12. The van der Waals surface area contributed by atoms with Gasteiger partial charge in [-0.25, -0.2) is 4.99 Å². The van der Waals surface area contributed by atoms with Crippen LogP contribution in [0.1, 0.15) is 22.7 Å². The number of aliphatic imine (C=N–C) groups is 1. The van der Waals surface area contributed by atoms with E-state index in [0.717, 1.165) is 61.5 Å². The fraction of sp³-hybridized carbons (Fsp3) is 0.0185. The molecule has 0 radical (unpaired) electrons. The molecule has 0 bridgehead atoms. The highest BCUT2D eigenvalue weighted by atomic mass is 15.2. The van der Waals surface area contributed by atoms with Crippen molar-refractivity contribution in [3.63, 3.8) is 0 Å². The number of nitrogens with zero attached hydrogens (tertiary/aromatic N) is 2. The van der Waals surface area contributed by atoms with E-state index in [0.29, 0.717) is 0 Å². The van der Waals surface area contributed by atoms with Crippen LogP contribution in [0.5, 0.6) is 0 Å². The summed E-state index contributed by atoms with van der Waals surface area (Å²) in [6.45, 7) is 4.43. The molecule has 4 nitrogen and oxygen atoms in total. The summed E-state index contributed by atoms with van der Waals surface area (Å²) in [7, 11) is 0. The van der Waals surface area contributed by atoms with E-state index >= 15 is 0 Å². The average molecular weight is 743 g/mol. The Bertz CT molecular complexity index is 3180. The third-order valence-corrected chi connectivity index (χ3v) is 11.6. The molecule has 0 saturated carbocycles. The predicted molar refractivity (Wildman–Crippen MR) is 245 cm³/mol. The van der Waals surface area contributed by atoms with E-state index in [1.54, 1.807) is 0 Å². The molecule has 0 amide bonds. The maximum Gasteiger partial charge on any atom is 0.209 e. The molecule has 10 aromatic rings. The molecule has 0 spiro atoms. The molecule has 0 saturated heterocycles. The molecule has 0 fully saturated rings. The van der Waals surface area contributed by atoms with Crippen molar-refractivity contribution in [2.75, 3.05) is 5.32 Å². The minimum Gasteiger partial charge on any atom is -0.355 e. The summed E-state index contributed by atoms with van der Waals surface area (Å²) in [5.41, 5.74) is 13.0. The molecular weight excluding hydrogens is 705 g/mol. The van der Waals surface area contributed by atoms with Crippen LogP contribution in [-0.4, -0.2) is 10.5 Å². The Balaban J connectivity index is 1.21. The first-order chi connectivity index (χ1) is 28.7. The van der Waals surface area contributed by atoms with E-state index in [2.05, 4.69) is 210 Å². The maximum atomic E-state index is 5.51.